The molecule has 0 fully saturated rings. The summed E-state index contributed by atoms with van der Waals surface area (Å²) in [6.07, 6.45) is 1.88. The van der Waals surface area contributed by atoms with E-state index in [2.05, 4.69) is 49.0 Å². The SMILES string of the molecule is CCNCc1cccnc1N(CC)CC(C)C. The molecule has 0 saturated heterocycles. The van der Waals surface area contributed by atoms with Crippen molar-refractivity contribution in [1.29, 1.82) is 0 Å². The first kappa shape index (κ1) is 14.0. The largest absolute Gasteiger partial charge is 0.356 e. The van der Waals surface area contributed by atoms with Crippen LogP contribution in [0, 0.1) is 5.92 Å². The Kier molecular flexibility index (Phi) is 5.98. The van der Waals surface area contributed by atoms with E-state index in [9.17, 15) is 0 Å². The van der Waals surface area contributed by atoms with Crippen LogP contribution in [0.2, 0.25) is 0 Å². The molecule has 0 saturated carbocycles. The van der Waals surface area contributed by atoms with Gasteiger partial charge in [-0.15, -0.1) is 0 Å². The number of hydrogen-bond donors (Lipinski definition) is 1. The van der Waals surface area contributed by atoms with Gasteiger partial charge >= 0.3 is 0 Å². The lowest BCUT2D eigenvalue weighted by Gasteiger charge is -2.26. The average Bonchev–Trinajstić information content (AvgIpc) is 2.33. The zero-order valence-electron chi connectivity index (χ0n) is 11.5. The van der Waals surface area contributed by atoms with Crippen LogP contribution >= 0.6 is 0 Å². The van der Waals surface area contributed by atoms with E-state index in [1.807, 2.05) is 12.3 Å². The first-order valence-electron chi connectivity index (χ1n) is 6.58. The molecule has 3 heteroatoms. The zero-order valence-corrected chi connectivity index (χ0v) is 11.5. The molecule has 1 aromatic rings. The molecule has 1 aromatic heterocycles. The van der Waals surface area contributed by atoms with Crippen LogP contribution < -0.4 is 10.2 Å². The van der Waals surface area contributed by atoms with Crippen LogP contribution in [0.4, 0.5) is 5.82 Å². The number of anilines is 1. The predicted molar refractivity (Wildman–Crippen MR) is 74.3 cm³/mol. The van der Waals surface area contributed by atoms with Crippen LogP contribution in [0.3, 0.4) is 0 Å². The van der Waals surface area contributed by atoms with Gasteiger partial charge in [0.05, 0.1) is 0 Å². The number of hydrogen-bond acceptors (Lipinski definition) is 3. The molecule has 0 aliphatic carbocycles. The monoisotopic (exact) mass is 235 g/mol. The van der Waals surface area contributed by atoms with E-state index >= 15 is 0 Å². The Balaban J connectivity index is 2.85. The van der Waals surface area contributed by atoms with Crippen molar-refractivity contribution >= 4 is 5.82 Å². The highest BCUT2D eigenvalue weighted by atomic mass is 15.2. The van der Waals surface area contributed by atoms with E-state index in [0.29, 0.717) is 5.92 Å². The fraction of sp³-hybridized carbons (Fsp3) is 0.643. The second kappa shape index (κ2) is 7.28. The molecule has 1 N–H and O–H groups in total. The Morgan fingerprint density at radius 1 is 1.35 bits per heavy atom. The van der Waals surface area contributed by atoms with Crippen molar-refractivity contribution in [2.45, 2.75) is 34.2 Å². The lowest BCUT2D eigenvalue weighted by Crippen LogP contribution is -2.29. The van der Waals surface area contributed by atoms with E-state index in [-0.39, 0.29) is 0 Å². The summed E-state index contributed by atoms with van der Waals surface area (Å²) in [6, 6.07) is 4.17. The van der Waals surface area contributed by atoms with Crippen molar-refractivity contribution in [2.24, 2.45) is 5.92 Å². The molecule has 3 nitrogen and oxygen atoms in total. The summed E-state index contributed by atoms with van der Waals surface area (Å²) >= 11 is 0. The lowest BCUT2D eigenvalue weighted by molar-refractivity contribution is 0.610. The second-order valence-electron chi connectivity index (χ2n) is 4.70. The highest BCUT2D eigenvalue weighted by Gasteiger charge is 2.11. The van der Waals surface area contributed by atoms with Gasteiger partial charge in [0, 0.05) is 31.4 Å². The molecule has 17 heavy (non-hydrogen) atoms. The minimum absolute atomic E-state index is 0.656. The molecule has 1 rings (SSSR count). The molecular formula is C14H25N3. The first-order valence-corrected chi connectivity index (χ1v) is 6.58. The molecule has 0 bridgehead atoms. The van der Waals surface area contributed by atoms with E-state index in [1.165, 1.54) is 5.56 Å². The fourth-order valence-electron chi connectivity index (χ4n) is 1.92. The van der Waals surface area contributed by atoms with Crippen LogP contribution in [0.15, 0.2) is 18.3 Å². The minimum Gasteiger partial charge on any atom is -0.356 e. The molecule has 0 spiro atoms. The molecular weight excluding hydrogens is 210 g/mol. The maximum atomic E-state index is 4.54. The Labute approximate surface area is 105 Å². The maximum Gasteiger partial charge on any atom is 0.133 e. The van der Waals surface area contributed by atoms with Crippen LogP contribution in [-0.2, 0) is 6.54 Å². The van der Waals surface area contributed by atoms with Crippen molar-refractivity contribution < 1.29 is 0 Å². The Morgan fingerprint density at radius 2 is 2.12 bits per heavy atom. The molecule has 0 atom stereocenters. The van der Waals surface area contributed by atoms with Gasteiger partial charge in [0.25, 0.3) is 0 Å². The first-order chi connectivity index (χ1) is 8.19. The normalized spacial score (nSPS) is 10.9. The quantitative estimate of drug-likeness (QED) is 0.787. The van der Waals surface area contributed by atoms with Gasteiger partial charge in [-0.05, 0) is 25.5 Å². The van der Waals surface area contributed by atoms with Gasteiger partial charge in [-0.25, -0.2) is 4.98 Å². The summed E-state index contributed by atoms with van der Waals surface area (Å²) in [5.41, 5.74) is 1.29. The van der Waals surface area contributed by atoms with E-state index in [4.69, 9.17) is 0 Å². The van der Waals surface area contributed by atoms with Gasteiger partial charge in [-0.2, -0.15) is 0 Å². The number of rotatable bonds is 7. The van der Waals surface area contributed by atoms with Gasteiger partial charge < -0.3 is 10.2 Å². The summed E-state index contributed by atoms with van der Waals surface area (Å²) in [7, 11) is 0. The number of aromatic nitrogens is 1. The molecule has 0 aliphatic heterocycles. The fourth-order valence-corrected chi connectivity index (χ4v) is 1.92. The third-order valence-corrected chi connectivity index (χ3v) is 2.70. The van der Waals surface area contributed by atoms with Crippen LogP contribution in [0.25, 0.3) is 0 Å². The minimum atomic E-state index is 0.656. The summed E-state index contributed by atoms with van der Waals surface area (Å²) in [6.45, 7) is 12.8. The van der Waals surface area contributed by atoms with E-state index < -0.39 is 0 Å². The second-order valence-corrected chi connectivity index (χ2v) is 4.70. The topological polar surface area (TPSA) is 28.2 Å². The third-order valence-electron chi connectivity index (χ3n) is 2.70. The van der Waals surface area contributed by atoms with Crippen molar-refractivity contribution in [2.75, 3.05) is 24.5 Å². The highest BCUT2D eigenvalue weighted by Crippen LogP contribution is 2.18. The van der Waals surface area contributed by atoms with Crippen LogP contribution in [-0.4, -0.2) is 24.6 Å². The molecule has 96 valence electrons. The van der Waals surface area contributed by atoms with Gasteiger partial charge in [-0.1, -0.05) is 26.8 Å². The molecule has 0 radical (unpaired) electrons. The van der Waals surface area contributed by atoms with Gasteiger partial charge in [-0.3, -0.25) is 0 Å². The van der Waals surface area contributed by atoms with E-state index in [1.54, 1.807) is 0 Å². The van der Waals surface area contributed by atoms with Gasteiger partial charge in [0.2, 0.25) is 0 Å². The smallest absolute Gasteiger partial charge is 0.133 e. The zero-order chi connectivity index (χ0) is 12.7. The molecule has 0 aromatic carbocycles. The van der Waals surface area contributed by atoms with E-state index in [0.717, 1.165) is 32.0 Å². The molecule has 0 amide bonds. The van der Waals surface area contributed by atoms with Crippen LogP contribution in [0.1, 0.15) is 33.3 Å². The third kappa shape index (κ3) is 4.35. The predicted octanol–water partition coefficient (Wildman–Crippen LogP) is 2.67. The summed E-state index contributed by atoms with van der Waals surface area (Å²) in [4.78, 5) is 6.90. The number of nitrogens with zero attached hydrogens (tertiary/aromatic N) is 2. The van der Waals surface area contributed by atoms with Gasteiger partial charge in [0.15, 0.2) is 0 Å². The van der Waals surface area contributed by atoms with Crippen LogP contribution in [0.5, 0.6) is 0 Å². The van der Waals surface area contributed by atoms with Crippen molar-refractivity contribution in [3.8, 4) is 0 Å². The summed E-state index contributed by atoms with van der Waals surface area (Å²) in [5.74, 6) is 1.79. The standard InChI is InChI=1S/C14H25N3/c1-5-15-10-13-8-7-9-16-14(13)17(6-2)11-12(3)4/h7-9,12,15H,5-6,10-11H2,1-4H3. The van der Waals surface area contributed by atoms with Crippen molar-refractivity contribution in [3.05, 3.63) is 23.9 Å². The molecule has 0 aliphatic rings. The lowest BCUT2D eigenvalue weighted by atomic mass is 10.1. The Hall–Kier alpha value is -1.09. The van der Waals surface area contributed by atoms with Gasteiger partial charge in [0.1, 0.15) is 5.82 Å². The maximum absolute atomic E-state index is 4.54. The van der Waals surface area contributed by atoms with Crippen molar-refractivity contribution in [3.63, 3.8) is 0 Å². The van der Waals surface area contributed by atoms with Crippen molar-refractivity contribution in [1.82, 2.24) is 10.3 Å². The number of nitrogens with one attached hydrogen (secondary N) is 1. The number of pyridine rings is 1. The summed E-state index contributed by atoms with van der Waals surface area (Å²) < 4.78 is 0. The summed E-state index contributed by atoms with van der Waals surface area (Å²) in [5, 5.41) is 3.37. The highest BCUT2D eigenvalue weighted by molar-refractivity contribution is 5.46. The molecule has 0 unspecified atom stereocenters. The average molecular weight is 235 g/mol. The Bertz CT molecular complexity index is 323. The Morgan fingerprint density at radius 3 is 2.71 bits per heavy atom. The molecule has 1 heterocycles.